The zero-order valence-corrected chi connectivity index (χ0v) is 17.0. The number of carboxylic acid groups (broad SMARTS) is 1. The summed E-state index contributed by atoms with van der Waals surface area (Å²) in [4.78, 5) is 40.3. The molecule has 0 saturated carbocycles. The molecule has 0 radical (unpaired) electrons. The standard InChI is InChI=1S/C19H24N6O4/c1-6-13-17(26)24(4)14-9-21-19(23-16(14)25(13)10(2)3)22-12-8-20-11(18(27)28)7-15(12)29-5/h7-10,13H,6H2,1-5H3,(H,27,28)(H,21,22,23)/t13-/m1/s1. The van der Waals surface area contributed by atoms with E-state index in [1.807, 2.05) is 25.7 Å². The highest BCUT2D eigenvalue weighted by Crippen LogP contribution is 2.37. The van der Waals surface area contributed by atoms with Crippen molar-refractivity contribution in [1.82, 2.24) is 15.0 Å². The largest absolute Gasteiger partial charge is 0.494 e. The molecular formula is C19H24N6O4. The number of amides is 1. The molecule has 3 heterocycles. The van der Waals surface area contributed by atoms with Crippen LogP contribution >= 0.6 is 0 Å². The normalized spacial score (nSPS) is 16.1. The molecule has 0 bridgehead atoms. The summed E-state index contributed by atoms with van der Waals surface area (Å²) in [6.07, 6.45) is 3.60. The van der Waals surface area contributed by atoms with Crippen LogP contribution in [-0.2, 0) is 4.79 Å². The Kier molecular flexibility index (Phi) is 5.53. The summed E-state index contributed by atoms with van der Waals surface area (Å²) in [5, 5.41) is 12.1. The summed E-state index contributed by atoms with van der Waals surface area (Å²) in [5.74, 6) is 0.104. The Hall–Kier alpha value is -3.43. The number of ether oxygens (including phenoxy) is 1. The summed E-state index contributed by atoms with van der Waals surface area (Å²) >= 11 is 0. The number of fused-ring (bicyclic) bond motifs is 1. The average Bonchev–Trinajstić information content (AvgIpc) is 2.70. The molecule has 0 aliphatic carbocycles. The number of methoxy groups -OCH3 is 1. The lowest BCUT2D eigenvalue weighted by molar-refractivity contribution is -0.120. The quantitative estimate of drug-likeness (QED) is 0.752. The van der Waals surface area contributed by atoms with Crippen LogP contribution in [0, 0.1) is 0 Å². The van der Waals surface area contributed by atoms with Crippen molar-refractivity contribution in [1.29, 1.82) is 0 Å². The van der Waals surface area contributed by atoms with E-state index < -0.39 is 5.97 Å². The zero-order chi connectivity index (χ0) is 21.3. The van der Waals surface area contributed by atoms with E-state index in [0.29, 0.717) is 29.4 Å². The minimum atomic E-state index is -1.15. The van der Waals surface area contributed by atoms with Gasteiger partial charge in [0, 0.05) is 19.2 Å². The van der Waals surface area contributed by atoms with Gasteiger partial charge >= 0.3 is 5.97 Å². The number of nitrogens with one attached hydrogen (secondary N) is 1. The first-order valence-electron chi connectivity index (χ1n) is 9.25. The Morgan fingerprint density at radius 3 is 2.66 bits per heavy atom. The number of nitrogens with zero attached hydrogens (tertiary/aromatic N) is 5. The number of carboxylic acids is 1. The molecule has 0 saturated heterocycles. The second kappa shape index (κ2) is 7.90. The fraction of sp³-hybridized carbons (Fsp3) is 0.421. The zero-order valence-electron chi connectivity index (χ0n) is 17.0. The van der Waals surface area contributed by atoms with Crippen LogP contribution in [0.25, 0.3) is 0 Å². The Balaban J connectivity index is 2.01. The van der Waals surface area contributed by atoms with E-state index in [2.05, 4.69) is 20.3 Å². The van der Waals surface area contributed by atoms with Crippen molar-refractivity contribution in [3.63, 3.8) is 0 Å². The fourth-order valence-electron chi connectivity index (χ4n) is 3.37. The third kappa shape index (κ3) is 3.65. The SMILES string of the molecule is CC[C@@H]1C(=O)N(C)c2cnc(Nc3cnc(C(=O)O)cc3OC)nc2N1C(C)C. The number of rotatable bonds is 6. The summed E-state index contributed by atoms with van der Waals surface area (Å²) in [5.41, 5.74) is 0.932. The molecule has 1 amide bonds. The fourth-order valence-corrected chi connectivity index (χ4v) is 3.37. The summed E-state index contributed by atoms with van der Waals surface area (Å²) in [7, 11) is 3.16. The van der Waals surface area contributed by atoms with Crippen LogP contribution in [0.5, 0.6) is 5.75 Å². The van der Waals surface area contributed by atoms with Gasteiger partial charge in [0.25, 0.3) is 0 Å². The lowest BCUT2D eigenvalue weighted by Gasteiger charge is -2.42. The minimum absolute atomic E-state index is 0.00754. The third-order valence-corrected chi connectivity index (χ3v) is 4.80. The molecule has 1 aliphatic rings. The van der Waals surface area contributed by atoms with Crippen LogP contribution in [0.15, 0.2) is 18.5 Å². The number of carbonyl (C=O) groups excluding carboxylic acids is 1. The van der Waals surface area contributed by atoms with Crippen LogP contribution in [0.4, 0.5) is 23.1 Å². The van der Waals surface area contributed by atoms with Crippen molar-refractivity contribution in [3.8, 4) is 5.75 Å². The third-order valence-electron chi connectivity index (χ3n) is 4.80. The van der Waals surface area contributed by atoms with E-state index in [9.17, 15) is 9.59 Å². The molecule has 0 aromatic carbocycles. The molecule has 3 rings (SSSR count). The van der Waals surface area contributed by atoms with Crippen LogP contribution in [0.3, 0.4) is 0 Å². The lowest BCUT2D eigenvalue weighted by Crippen LogP contribution is -2.54. The lowest BCUT2D eigenvalue weighted by atomic mass is 10.1. The van der Waals surface area contributed by atoms with Gasteiger partial charge in [-0.3, -0.25) is 4.79 Å². The van der Waals surface area contributed by atoms with Crippen molar-refractivity contribution >= 4 is 35.0 Å². The monoisotopic (exact) mass is 400 g/mol. The minimum Gasteiger partial charge on any atom is -0.494 e. The summed E-state index contributed by atoms with van der Waals surface area (Å²) in [6, 6.07) is 1.08. The van der Waals surface area contributed by atoms with Crippen molar-refractivity contribution < 1.29 is 19.4 Å². The number of hydrogen-bond acceptors (Lipinski definition) is 8. The van der Waals surface area contributed by atoms with Crippen LogP contribution < -0.4 is 19.9 Å². The molecule has 1 atom stereocenters. The van der Waals surface area contributed by atoms with Gasteiger partial charge < -0.3 is 25.0 Å². The number of pyridine rings is 1. The second-order valence-electron chi connectivity index (χ2n) is 6.92. The molecule has 154 valence electrons. The number of anilines is 4. The predicted octanol–water partition coefficient (Wildman–Crippen LogP) is 2.29. The molecular weight excluding hydrogens is 376 g/mol. The Morgan fingerprint density at radius 1 is 1.34 bits per heavy atom. The van der Waals surface area contributed by atoms with E-state index in [-0.39, 0.29) is 29.6 Å². The Bertz CT molecular complexity index is 948. The van der Waals surface area contributed by atoms with Gasteiger partial charge in [-0.25, -0.2) is 14.8 Å². The number of carbonyl (C=O) groups is 2. The average molecular weight is 400 g/mol. The maximum Gasteiger partial charge on any atom is 0.354 e. The van der Waals surface area contributed by atoms with Gasteiger partial charge in [-0.05, 0) is 20.3 Å². The van der Waals surface area contributed by atoms with Gasteiger partial charge in [-0.15, -0.1) is 0 Å². The molecule has 2 aromatic heterocycles. The van der Waals surface area contributed by atoms with Crippen LogP contribution in [0.1, 0.15) is 37.7 Å². The van der Waals surface area contributed by atoms with Gasteiger partial charge in [0.1, 0.15) is 23.2 Å². The molecule has 0 unspecified atom stereocenters. The number of aromatic carboxylic acids is 1. The van der Waals surface area contributed by atoms with Gasteiger partial charge in [0.15, 0.2) is 11.5 Å². The molecule has 2 aromatic rings. The molecule has 0 fully saturated rings. The van der Waals surface area contributed by atoms with E-state index in [1.165, 1.54) is 19.4 Å². The second-order valence-corrected chi connectivity index (χ2v) is 6.92. The van der Waals surface area contributed by atoms with E-state index >= 15 is 0 Å². The van der Waals surface area contributed by atoms with E-state index in [1.54, 1.807) is 18.1 Å². The van der Waals surface area contributed by atoms with Gasteiger partial charge in [0.2, 0.25) is 11.9 Å². The number of likely N-dealkylation sites (N-methyl/N-ethyl adjacent to an activating group) is 1. The molecule has 10 heteroatoms. The summed E-state index contributed by atoms with van der Waals surface area (Å²) in [6.45, 7) is 5.99. The Labute approximate surface area is 168 Å². The van der Waals surface area contributed by atoms with Crippen LogP contribution in [0.2, 0.25) is 0 Å². The van der Waals surface area contributed by atoms with Crippen molar-refractivity contribution in [3.05, 3.63) is 24.2 Å². The number of aromatic nitrogens is 3. The molecule has 0 spiro atoms. The van der Waals surface area contributed by atoms with E-state index in [0.717, 1.165) is 0 Å². The van der Waals surface area contributed by atoms with Crippen molar-refractivity contribution in [2.75, 3.05) is 29.3 Å². The molecule has 29 heavy (non-hydrogen) atoms. The highest BCUT2D eigenvalue weighted by molar-refractivity contribution is 6.04. The van der Waals surface area contributed by atoms with Gasteiger partial charge in [-0.1, -0.05) is 6.92 Å². The highest BCUT2D eigenvalue weighted by Gasteiger charge is 2.38. The van der Waals surface area contributed by atoms with Crippen LogP contribution in [-0.4, -0.2) is 58.2 Å². The topological polar surface area (TPSA) is 121 Å². The highest BCUT2D eigenvalue weighted by atomic mass is 16.5. The molecule has 1 aliphatic heterocycles. The first-order chi connectivity index (χ1) is 13.8. The van der Waals surface area contributed by atoms with Crippen molar-refractivity contribution in [2.45, 2.75) is 39.3 Å². The smallest absolute Gasteiger partial charge is 0.354 e. The first kappa shape index (κ1) is 20.3. The first-order valence-corrected chi connectivity index (χ1v) is 9.25. The maximum absolute atomic E-state index is 12.7. The number of hydrogen-bond donors (Lipinski definition) is 2. The van der Waals surface area contributed by atoms with Gasteiger partial charge in [0.05, 0.1) is 19.5 Å². The summed E-state index contributed by atoms with van der Waals surface area (Å²) < 4.78 is 5.26. The van der Waals surface area contributed by atoms with Crippen molar-refractivity contribution in [2.24, 2.45) is 0 Å². The predicted molar refractivity (Wildman–Crippen MR) is 108 cm³/mol. The Morgan fingerprint density at radius 2 is 2.07 bits per heavy atom. The van der Waals surface area contributed by atoms with Gasteiger partial charge in [-0.2, -0.15) is 4.98 Å². The molecule has 2 N–H and O–H groups in total. The van der Waals surface area contributed by atoms with E-state index in [4.69, 9.17) is 9.84 Å². The maximum atomic E-state index is 12.7. The molecule has 10 nitrogen and oxygen atoms in total.